The van der Waals surface area contributed by atoms with E-state index >= 15 is 0 Å². The van der Waals surface area contributed by atoms with E-state index in [0.717, 1.165) is 0 Å². The van der Waals surface area contributed by atoms with Gasteiger partial charge >= 0.3 is 0 Å². The number of hydrogen-bond acceptors (Lipinski definition) is 6. The Balaban J connectivity index is 2.24. The molecular formula is C6H10N2O6. The molecule has 1 aliphatic carbocycles. The van der Waals surface area contributed by atoms with Crippen LogP contribution in [0.3, 0.4) is 0 Å². The lowest BCUT2D eigenvalue weighted by molar-refractivity contribution is -0.776. The molecule has 0 aliphatic heterocycles. The van der Waals surface area contributed by atoms with Crippen molar-refractivity contribution < 1.29 is 19.8 Å². The van der Waals surface area contributed by atoms with E-state index in [4.69, 9.17) is 0 Å². The normalized spacial score (nSPS) is 26.6. The molecule has 0 atom stereocenters. The zero-order valence-corrected chi connectivity index (χ0v) is 7.33. The molecule has 0 aromatic carbocycles. The maximum atomic E-state index is 9.97. The van der Waals surface area contributed by atoms with Crippen LogP contribution in [-0.4, -0.2) is 22.4 Å². The van der Waals surface area contributed by atoms with Crippen LogP contribution >= 0.6 is 0 Å². The first kappa shape index (κ1) is 10.5. The van der Waals surface area contributed by atoms with E-state index in [1.54, 1.807) is 0 Å². The highest BCUT2D eigenvalue weighted by atomic mass is 17.0. The summed E-state index contributed by atoms with van der Waals surface area (Å²) in [5.74, 6) is 0. The van der Waals surface area contributed by atoms with E-state index in [1.165, 1.54) is 0 Å². The molecule has 0 bridgehead atoms. The molecule has 0 unspecified atom stereocenters. The second-order valence-electron chi connectivity index (χ2n) is 3.06. The van der Waals surface area contributed by atoms with Gasteiger partial charge in [-0.15, -0.1) is 20.2 Å². The standard InChI is InChI=1S/C6H10N2O6/c9-7(10)13-5-1-2-6(4-3-5)14-8(11)12/h5-6H,1-4H2. The third-order valence-electron chi connectivity index (χ3n) is 2.09. The molecule has 0 aromatic heterocycles. The largest absolute Gasteiger partial charge is 0.311 e. The van der Waals surface area contributed by atoms with Crippen LogP contribution in [0.2, 0.25) is 0 Å². The maximum Gasteiger partial charge on any atom is 0.294 e. The van der Waals surface area contributed by atoms with Crippen molar-refractivity contribution in [2.24, 2.45) is 0 Å². The van der Waals surface area contributed by atoms with Crippen molar-refractivity contribution in [3.05, 3.63) is 20.2 Å². The van der Waals surface area contributed by atoms with Gasteiger partial charge in [0.2, 0.25) is 0 Å². The van der Waals surface area contributed by atoms with Crippen molar-refractivity contribution in [2.75, 3.05) is 0 Å². The van der Waals surface area contributed by atoms with Gasteiger partial charge in [-0.05, 0) is 25.7 Å². The van der Waals surface area contributed by atoms with Crippen molar-refractivity contribution in [2.45, 2.75) is 37.9 Å². The van der Waals surface area contributed by atoms with Crippen LogP contribution in [0.15, 0.2) is 0 Å². The average Bonchev–Trinajstić information content (AvgIpc) is 2.06. The Morgan fingerprint density at radius 1 is 0.857 bits per heavy atom. The van der Waals surface area contributed by atoms with E-state index < -0.39 is 22.4 Å². The summed E-state index contributed by atoms with van der Waals surface area (Å²) in [6.07, 6.45) is 0.769. The van der Waals surface area contributed by atoms with Crippen molar-refractivity contribution >= 4 is 0 Å². The van der Waals surface area contributed by atoms with Crippen LogP contribution in [0.25, 0.3) is 0 Å². The summed E-state index contributed by atoms with van der Waals surface area (Å²) in [5.41, 5.74) is 0. The van der Waals surface area contributed by atoms with Crippen molar-refractivity contribution in [1.82, 2.24) is 0 Å². The first-order valence-electron chi connectivity index (χ1n) is 4.20. The summed E-state index contributed by atoms with van der Waals surface area (Å²) in [6, 6.07) is 0. The molecule has 0 heterocycles. The SMILES string of the molecule is O=[N+]([O-])OC1CCC(O[N+](=O)[O-])CC1. The van der Waals surface area contributed by atoms with Gasteiger partial charge in [0.1, 0.15) is 12.2 Å². The van der Waals surface area contributed by atoms with Crippen molar-refractivity contribution in [1.29, 1.82) is 0 Å². The van der Waals surface area contributed by atoms with E-state index in [2.05, 4.69) is 9.68 Å². The Hall–Kier alpha value is -1.60. The molecule has 0 aromatic rings. The highest BCUT2D eigenvalue weighted by Gasteiger charge is 2.25. The van der Waals surface area contributed by atoms with Crippen LogP contribution in [-0.2, 0) is 9.68 Å². The highest BCUT2D eigenvalue weighted by molar-refractivity contribution is 4.71. The molecule has 1 rings (SSSR count). The Labute approximate surface area is 79.0 Å². The summed E-state index contributed by atoms with van der Waals surface area (Å²) >= 11 is 0. The topological polar surface area (TPSA) is 105 Å². The van der Waals surface area contributed by atoms with Gasteiger partial charge in [-0.3, -0.25) is 0 Å². The minimum absolute atomic E-state index is 0.416. The fourth-order valence-electron chi connectivity index (χ4n) is 1.49. The van der Waals surface area contributed by atoms with Crippen LogP contribution in [0.1, 0.15) is 25.7 Å². The van der Waals surface area contributed by atoms with Crippen LogP contribution in [0.4, 0.5) is 0 Å². The third-order valence-corrected chi connectivity index (χ3v) is 2.09. The zero-order valence-electron chi connectivity index (χ0n) is 7.33. The molecular weight excluding hydrogens is 196 g/mol. The molecule has 1 fully saturated rings. The Bertz CT molecular complexity index is 200. The lowest BCUT2D eigenvalue weighted by atomic mass is 9.95. The zero-order chi connectivity index (χ0) is 10.6. The first-order chi connectivity index (χ1) is 6.58. The second-order valence-corrected chi connectivity index (χ2v) is 3.06. The fourth-order valence-corrected chi connectivity index (χ4v) is 1.49. The molecule has 0 saturated heterocycles. The first-order valence-corrected chi connectivity index (χ1v) is 4.20. The van der Waals surface area contributed by atoms with Crippen molar-refractivity contribution in [3.63, 3.8) is 0 Å². The summed E-state index contributed by atoms with van der Waals surface area (Å²) in [5, 5.41) is 18.3. The number of hydrogen-bond donors (Lipinski definition) is 0. The number of rotatable bonds is 4. The van der Waals surface area contributed by atoms with Crippen LogP contribution < -0.4 is 0 Å². The average molecular weight is 206 g/mol. The summed E-state index contributed by atoms with van der Waals surface area (Å²) in [4.78, 5) is 28.6. The van der Waals surface area contributed by atoms with E-state index in [1.807, 2.05) is 0 Å². The molecule has 0 amide bonds. The predicted molar refractivity (Wildman–Crippen MR) is 42.2 cm³/mol. The smallest absolute Gasteiger partial charge is 0.294 e. The molecule has 1 aliphatic rings. The van der Waals surface area contributed by atoms with E-state index in [-0.39, 0.29) is 0 Å². The Kier molecular flexibility index (Phi) is 3.43. The van der Waals surface area contributed by atoms with Gasteiger partial charge in [0.25, 0.3) is 10.2 Å². The molecule has 8 heteroatoms. The van der Waals surface area contributed by atoms with Gasteiger partial charge in [0.05, 0.1) is 0 Å². The molecule has 0 N–H and O–H groups in total. The lowest BCUT2D eigenvalue weighted by Crippen LogP contribution is -2.29. The maximum absolute atomic E-state index is 9.97. The van der Waals surface area contributed by atoms with E-state index in [0.29, 0.717) is 25.7 Å². The van der Waals surface area contributed by atoms with Gasteiger partial charge in [0, 0.05) is 0 Å². The van der Waals surface area contributed by atoms with Crippen LogP contribution in [0.5, 0.6) is 0 Å². The van der Waals surface area contributed by atoms with Gasteiger partial charge in [-0.25, -0.2) is 0 Å². The Morgan fingerprint density at radius 3 is 1.36 bits per heavy atom. The summed E-state index contributed by atoms with van der Waals surface area (Å²) in [6.45, 7) is 0. The number of nitrogens with zero attached hydrogens (tertiary/aromatic N) is 2. The van der Waals surface area contributed by atoms with Gasteiger partial charge < -0.3 is 9.68 Å². The third kappa shape index (κ3) is 3.42. The predicted octanol–water partition coefficient (Wildman–Crippen LogP) is 0.714. The minimum Gasteiger partial charge on any atom is -0.311 e. The molecule has 14 heavy (non-hydrogen) atoms. The van der Waals surface area contributed by atoms with Crippen LogP contribution in [0, 0.1) is 20.2 Å². The summed E-state index contributed by atoms with van der Waals surface area (Å²) < 4.78 is 0. The Morgan fingerprint density at radius 2 is 1.14 bits per heavy atom. The fraction of sp³-hybridized carbons (Fsp3) is 1.00. The summed E-state index contributed by atoms with van der Waals surface area (Å²) in [7, 11) is 0. The molecule has 8 nitrogen and oxygen atoms in total. The van der Waals surface area contributed by atoms with Gasteiger partial charge in [-0.1, -0.05) is 0 Å². The molecule has 1 saturated carbocycles. The molecule has 80 valence electrons. The molecule has 0 radical (unpaired) electrons. The van der Waals surface area contributed by atoms with Gasteiger partial charge in [-0.2, -0.15) is 0 Å². The van der Waals surface area contributed by atoms with Gasteiger partial charge in [0.15, 0.2) is 0 Å². The van der Waals surface area contributed by atoms with Crippen molar-refractivity contribution in [3.8, 4) is 0 Å². The quantitative estimate of drug-likeness (QED) is 0.495. The highest BCUT2D eigenvalue weighted by Crippen LogP contribution is 2.23. The second kappa shape index (κ2) is 4.58. The molecule has 0 spiro atoms. The van der Waals surface area contributed by atoms with E-state index in [9.17, 15) is 20.2 Å². The monoisotopic (exact) mass is 206 g/mol. The lowest BCUT2D eigenvalue weighted by Gasteiger charge is -2.25. The minimum atomic E-state index is -0.834.